The molecule has 4 rings (SSSR count). The van der Waals surface area contributed by atoms with E-state index in [1.807, 2.05) is 0 Å². The Balaban J connectivity index is 1.80. The number of rotatable bonds is 1. The molecule has 27 heavy (non-hydrogen) atoms. The third-order valence-corrected chi connectivity index (χ3v) is 7.62. The number of Topliss-reactive ketones (excluding diaryl/α,β-unsaturated/α-hetero) is 1. The first-order valence-electron chi connectivity index (χ1n) is 10.4. The van der Waals surface area contributed by atoms with Crippen LogP contribution in [0.1, 0.15) is 53.4 Å². The summed E-state index contributed by atoms with van der Waals surface area (Å²) < 4.78 is 18.9. The Morgan fingerprint density at radius 1 is 1.26 bits per heavy atom. The summed E-state index contributed by atoms with van der Waals surface area (Å²) in [5.74, 6) is 1.42. The van der Waals surface area contributed by atoms with Crippen LogP contribution in [0, 0.1) is 29.6 Å². The van der Waals surface area contributed by atoms with Crippen LogP contribution < -0.4 is 0 Å². The lowest BCUT2D eigenvalue weighted by Gasteiger charge is -2.46. The van der Waals surface area contributed by atoms with Gasteiger partial charge in [0.1, 0.15) is 6.10 Å². The number of carbonyl (C=O) groups excluding carboxylic acids is 2. The van der Waals surface area contributed by atoms with Gasteiger partial charge >= 0.3 is 5.97 Å². The van der Waals surface area contributed by atoms with Gasteiger partial charge in [0.25, 0.3) is 0 Å². The van der Waals surface area contributed by atoms with Crippen LogP contribution in [0.2, 0.25) is 0 Å². The highest BCUT2D eigenvalue weighted by atomic mass is 16.6. The molecule has 4 aliphatic rings. The topological polar surface area (TPSA) is 61.8 Å². The maximum absolute atomic E-state index is 12.6. The van der Waals surface area contributed by atoms with Gasteiger partial charge in [-0.25, -0.2) is 0 Å². The maximum Gasteiger partial charge on any atom is 0.302 e. The molecule has 3 aliphatic heterocycles. The van der Waals surface area contributed by atoms with Crippen molar-refractivity contribution in [1.29, 1.82) is 0 Å². The molecule has 3 heterocycles. The summed E-state index contributed by atoms with van der Waals surface area (Å²) in [6.45, 7) is 12.8. The van der Waals surface area contributed by atoms with Gasteiger partial charge in [0.15, 0.2) is 5.78 Å². The summed E-state index contributed by atoms with van der Waals surface area (Å²) in [6, 6.07) is 0. The van der Waals surface area contributed by atoms with Crippen LogP contribution in [0.5, 0.6) is 0 Å². The molecule has 4 fully saturated rings. The Labute approximate surface area is 161 Å². The minimum absolute atomic E-state index is 0.0632. The minimum Gasteiger partial charge on any atom is -0.462 e. The second-order valence-electron chi connectivity index (χ2n) is 9.53. The largest absolute Gasteiger partial charge is 0.462 e. The van der Waals surface area contributed by atoms with Gasteiger partial charge in [0, 0.05) is 25.7 Å². The smallest absolute Gasteiger partial charge is 0.302 e. The second-order valence-corrected chi connectivity index (χ2v) is 9.53. The van der Waals surface area contributed by atoms with E-state index in [-0.39, 0.29) is 41.9 Å². The van der Waals surface area contributed by atoms with E-state index in [1.54, 1.807) is 0 Å². The van der Waals surface area contributed by atoms with Gasteiger partial charge in [0.05, 0.1) is 24.4 Å². The van der Waals surface area contributed by atoms with Crippen LogP contribution >= 0.6 is 0 Å². The fraction of sp³-hybridized carbons (Fsp3) is 0.818. The highest BCUT2D eigenvalue weighted by molar-refractivity contribution is 5.94. The van der Waals surface area contributed by atoms with Crippen molar-refractivity contribution in [3.05, 3.63) is 12.2 Å². The van der Waals surface area contributed by atoms with Crippen LogP contribution in [0.4, 0.5) is 0 Å². The lowest BCUT2D eigenvalue weighted by atomic mass is 9.59. The summed E-state index contributed by atoms with van der Waals surface area (Å²) in [5.41, 5.74) is 0.148. The fourth-order valence-electron chi connectivity index (χ4n) is 6.23. The van der Waals surface area contributed by atoms with Crippen molar-refractivity contribution >= 4 is 11.8 Å². The molecular formula is C22H32O5. The zero-order valence-corrected chi connectivity index (χ0v) is 16.9. The molecule has 0 aromatic heterocycles. The van der Waals surface area contributed by atoms with Crippen LogP contribution in [0.3, 0.4) is 0 Å². The maximum atomic E-state index is 12.6. The average molecular weight is 376 g/mol. The second kappa shape index (κ2) is 6.70. The first-order valence-corrected chi connectivity index (χ1v) is 10.4. The van der Waals surface area contributed by atoms with Gasteiger partial charge in [-0.1, -0.05) is 20.4 Å². The molecule has 9 atom stereocenters. The van der Waals surface area contributed by atoms with Crippen molar-refractivity contribution in [1.82, 2.24) is 0 Å². The number of carbonyl (C=O) groups is 2. The lowest BCUT2D eigenvalue weighted by molar-refractivity contribution is -0.160. The average Bonchev–Trinajstić information content (AvgIpc) is 2.95. The Morgan fingerprint density at radius 2 is 2.00 bits per heavy atom. The highest BCUT2D eigenvalue weighted by Crippen LogP contribution is 2.57. The summed E-state index contributed by atoms with van der Waals surface area (Å²) in [4.78, 5) is 24.4. The first kappa shape index (κ1) is 19.1. The van der Waals surface area contributed by atoms with Gasteiger partial charge in [-0.15, -0.1) is 0 Å². The Bertz CT molecular complexity index is 657. The van der Waals surface area contributed by atoms with E-state index in [9.17, 15) is 9.59 Å². The molecule has 0 N–H and O–H groups in total. The summed E-state index contributed by atoms with van der Waals surface area (Å²) in [6.07, 6.45) is 2.28. The van der Waals surface area contributed by atoms with Crippen molar-refractivity contribution < 1.29 is 23.8 Å². The van der Waals surface area contributed by atoms with E-state index in [2.05, 4.69) is 27.4 Å². The van der Waals surface area contributed by atoms with Crippen molar-refractivity contribution in [2.45, 2.75) is 77.3 Å². The standard InChI is InChI=1S/C22H32O5/c1-11-9-17-19-18-15(8-12(2)20(19)26-14(4)23)13(3)10-25-22(5,21(18)27-17)7-6-16(11)24/h12-13,15,17-21H,1,6-10H2,2-5H3/t12-,13+,15?,17?,18+,19+,20-,21?,22+/m1/s1. The van der Waals surface area contributed by atoms with E-state index in [4.69, 9.17) is 14.2 Å². The predicted molar refractivity (Wildman–Crippen MR) is 100.0 cm³/mol. The first-order chi connectivity index (χ1) is 12.7. The number of hydrogen-bond acceptors (Lipinski definition) is 5. The normalized spacial score (nSPS) is 49.6. The number of esters is 1. The Hall–Kier alpha value is -1.20. The minimum atomic E-state index is -0.484. The van der Waals surface area contributed by atoms with E-state index in [1.165, 1.54) is 6.92 Å². The molecule has 0 spiro atoms. The Morgan fingerprint density at radius 3 is 2.70 bits per heavy atom. The zero-order valence-electron chi connectivity index (χ0n) is 16.9. The third kappa shape index (κ3) is 3.07. The van der Waals surface area contributed by atoms with Crippen LogP contribution in [-0.2, 0) is 23.8 Å². The number of fused-ring (bicyclic) bond motifs is 2. The Kier molecular flexibility index (Phi) is 4.75. The van der Waals surface area contributed by atoms with Gasteiger partial charge in [0.2, 0.25) is 0 Å². The van der Waals surface area contributed by atoms with Gasteiger partial charge in [-0.2, -0.15) is 0 Å². The van der Waals surface area contributed by atoms with Crippen LogP contribution in [0.25, 0.3) is 0 Å². The van der Waals surface area contributed by atoms with Crippen LogP contribution in [0.15, 0.2) is 12.2 Å². The quantitative estimate of drug-likeness (QED) is 0.519. The molecule has 5 heteroatoms. The molecule has 0 amide bonds. The molecular weight excluding hydrogens is 344 g/mol. The third-order valence-electron chi connectivity index (χ3n) is 7.62. The van der Waals surface area contributed by atoms with Gasteiger partial charge < -0.3 is 14.2 Å². The van der Waals surface area contributed by atoms with E-state index < -0.39 is 5.60 Å². The molecule has 2 bridgehead atoms. The molecule has 1 saturated carbocycles. The fourth-order valence-corrected chi connectivity index (χ4v) is 6.23. The van der Waals surface area contributed by atoms with Crippen molar-refractivity contribution in [3.63, 3.8) is 0 Å². The highest BCUT2D eigenvalue weighted by Gasteiger charge is 2.63. The molecule has 3 saturated heterocycles. The van der Waals surface area contributed by atoms with E-state index in [0.29, 0.717) is 49.2 Å². The molecule has 1 aliphatic carbocycles. The molecule has 0 aromatic carbocycles. The lowest BCUT2D eigenvalue weighted by Crippen LogP contribution is -2.52. The summed E-state index contributed by atoms with van der Waals surface area (Å²) >= 11 is 0. The molecule has 0 aromatic rings. The summed E-state index contributed by atoms with van der Waals surface area (Å²) in [7, 11) is 0. The molecule has 0 radical (unpaired) electrons. The molecule has 3 unspecified atom stereocenters. The monoisotopic (exact) mass is 376 g/mol. The number of ether oxygens (including phenoxy) is 3. The SMILES string of the molecule is C=C1CC2OC3[C@H]4C(C[C@@H](C)[C@@H](OC(C)=O)[C@@H]24)[C@@H](C)CO[C@@]3(C)CCC1=O. The van der Waals surface area contributed by atoms with Crippen molar-refractivity contribution in [3.8, 4) is 0 Å². The van der Waals surface area contributed by atoms with Gasteiger partial charge in [-0.3, -0.25) is 9.59 Å². The number of hydrogen-bond donors (Lipinski definition) is 0. The van der Waals surface area contributed by atoms with Crippen molar-refractivity contribution in [2.24, 2.45) is 29.6 Å². The molecule has 150 valence electrons. The molecule has 5 nitrogen and oxygen atoms in total. The summed E-state index contributed by atoms with van der Waals surface area (Å²) in [5, 5.41) is 0. The predicted octanol–water partition coefficient (Wildman–Crippen LogP) is 3.31. The van der Waals surface area contributed by atoms with E-state index >= 15 is 0 Å². The number of ketones is 1. The van der Waals surface area contributed by atoms with Crippen molar-refractivity contribution in [2.75, 3.05) is 6.61 Å². The van der Waals surface area contributed by atoms with Crippen LogP contribution in [-0.4, -0.2) is 42.3 Å². The van der Waals surface area contributed by atoms with Gasteiger partial charge in [-0.05, 0) is 49.0 Å². The van der Waals surface area contributed by atoms with E-state index in [0.717, 1.165) is 6.42 Å². The zero-order chi connectivity index (χ0) is 19.5.